The first-order valence-corrected chi connectivity index (χ1v) is 9.99. The molecule has 2 atom stereocenters. The first kappa shape index (κ1) is 19.2. The van der Waals surface area contributed by atoms with Crippen LogP contribution in [0.4, 0.5) is 0 Å². The number of hydrogen-bond acceptors (Lipinski definition) is 3. The molecule has 4 rings (SSSR count). The number of carbonyl (C=O) groups is 2. The van der Waals surface area contributed by atoms with Gasteiger partial charge in [-0.25, -0.2) is 4.52 Å². The topological polar surface area (TPSA) is 75.5 Å². The number of rotatable bonds is 6. The van der Waals surface area contributed by atoms with E-state index in [9.17, 15) is 9.59 Å². The summed E-state index contributed by atoms with van der Waals surface area (Å²) in [5.74, 6) is 0.283. The van der Waals surface area contributed by atoms with Crippen LogP contribution in [0.25, 0.3) is 5.52 Å². The van der Waals surface area contributed by atoms with Crippen molar-refractivity contribution in [1.29, 1.82) is 0 Å². The highest BCUT2D eigenvalue weighted by molar-refractivity contribution is 6.00. The van der Waals surface area contributed by atoms with Crippen molar-refractivity contribution >= 4 is 17.3 Å². The van der Waals surface area contributed by atoms with E-state index in [1.54, 1.807) is 10.7 Å². The summed E-state index contributed by atoms with van der Waals surface area (Å²) in [5, 5.41) is 10.4. The number of amides is 2. The second-order valence-electron chi connectivity index (χ2n) is 8.33. The van der Waals surface area contributed by atoms with Crippen molar-refractivity contribution in [1.82, 2.24) is 20.2 Å². The van der Waals surface area contributed by atoms with Gasteiger partial charge in [-0.1, -0.05) is 44.2 Å². The van der Waals surface area contributed by atoms with Crippen LogP contribution in [-0.4, -0.2) is 34.0 Å². The van der Waals surface area contributed by atoms with Crippen molar-refractivity contribution < 1.29 is 9.59 Å². The van der Waals surface area contributed by atoms with Gasteiger partial charge in [-0.15, -0.1) is 0 Å². The third-order valence-corrected chi connectivity index (χ3v) is 6.21. The molecule has 6 heteroatoms. The normalized spacial score (nSPS) is 20.1. The van der Waals surface area contributed by atoms with Crippen molar-refractivity contribution in [3.05, 3.63) is 72.1 Å². The Kier molecular flexibility index (Phi) is 5.09. The molecule has 3 aromatic rings. The molecule has 0 saturated heterocycles. The average Bonchev–Trinajstić information content (AvgIpc) is 3.19. The lowest BCUT2D eigenvalue weighted by Crippen LogP contribution is -2.60. The van der Waals surface area contributed by atoms with Crippen LogP contribution in [0.3, 0.4) is 0 Å². The Balaban J connectivity index is 1.31. The summed E-state index contributed by atoms with van der Waals surface area (Å²) in [6, 6.07) is 15.3. The summed E-state index contributed by atoms with van der Waals surface area (Å²) < 4.78 is 1.70. The smallest absolute Gasteiger partial charge is 0.253 e. The van der Waals surface area contributed by atoms with E-state index in [1.807, 2.05) is 54.7 Å². The largest absolute Gasteiger partial charge is 0.356 e. The maximum absolute atomic E-state index is 12.8. The molecule has 1 aliphatic carbocycles. The number of nitrogens with one attached hydrogen (secondary N) is 2. The van der Waals surface area contributed by atoms with Gasteiger partial charge < -0.3 is 10.6 Å². The molecule has 2 unspecified atom stereocenters. The molecule has 1 aliphatic rings. The second kappa shape index (κ2) is 7.70. The monoisotopic (exact) mass is 390 g/mol. The zero-order valence-electron chi connectivity index (χ0n) is 16.8. The Morgan fingerprint density at radius 3 is 2.69 bits per heavy atom. The third kappa shape index (κ3) is 3.88. The Bertz CT molecular complexity index is 1030. The van der Waals surface area contributed by atoms with Crippen molar-refractivity contribution in [2.45, 2.75) is 32.7 Å². The molecule has 2 N–H and O–H groups in total. The summed E-state index contributed by atoms with van der Waals surface area (Å²) in [6.45, 7) is 4.92. The van der Waals surface area contributed by atoms with Crippen LogP contribution in [0.15, 0.2) is 60.9 Å². The van der Waals surface area contributed by atoms with Crippen LogP contribution < -0.4 is 10.6 Å². The first-order valence-electron chi connectivity index (χ1n) is 9.99. The highest BCUT2D eigenvalue weighted by Gasteiger charge is 2.48. The molecule has 0 radical (unpaired) electrons. The molecule has 2 heterocycles. The average molecular weight is 390 g/mol. The first-order chi connectivity index (χ1) is 13.9. The number of benzene rings is 1. The molecule has 2 aromatic heterocycles. The van der Waals surface area contributed by atoms with Gasteiger partial charge in [0.2, 0.25) is 5.91 Å². The molecular weight excluding hydrogens is 364 g/mol. The third-order valence-electron chi connectivity index (χ3n) is 6.21. The van der Waals surface area contributed by atoms with Gasteiger partial charge in [0, 0.05) is 18.8 Å². The van der Waals surface area contributed by atoms with Crippen LogP contribution in [-0.2, 0) is 11.2 Å². The lowest BCUT2D eigenvalue weighted by molar-refractivity contribution is -0.121. The SMILES string of the molecule is CC1(C)C(CNC(=O)Cc2ccccc2)CC1NC(=O)c1cccn2nccc12. The van der Waals surface area contributed by atoms with Crippen LogP contribution in [0.1, 0.15) is 36.2 Å². The highest BCUT2D eigenvalue weighted by Crippen LogP contribution is 2.46. The fraction of sp³-hybridized carbons (Fsp3) is 0.348. The van der Waals surface area contributed by atoms with E-state index < -0.39 is 0 Å². The molecule has 1 saturated carbocycles. The number of carbonyl (C=O) groups excluding carboxylic acids is 2. The second-order valence-corrected chi connectivity index (χ2v) is 8.33. The van der Waals surface area contributed by atoms with Gasteiger partial charge >= 0.3 is 0 Å². The van der Waals surface area contributed by atoms with Crippen molar-refractivity contribution in [3.8, 4) is 0 Å². The lowest BCUT2D eigenvalue weighted by atomic mass is 9.58. The highest BCUT2D eigenvalue weighted by atomic mass is 16.2. The van der Waals surface area contributed by atoms with Gasteiger partial charge in [-0.2, -0.15) is 5.10 Å². The van der Waals surface area contributed by atoms with Gasteiger partial charge in [-0.3, -0.25) is 9.59 Å². The number of hydrogen-bond donors (Lipinski definition) is 2. The van der Waals surface area contributed by atoms with Crippen molar-refractivity contribution in [2.24, 2.45) is 11.3 Å². The number of aromatic nitrogens is 2. The number of nitrogens with zero attached hydrogens (tertiary/aromatic N) is 2. The minimum Gasteiger partial charge on any atom is -0.356 e. The molecule has 0 spiro atoms. The van der Waals surface area contributed by atoms with Gasteiger partial charge in [0.1, 0.15) is 0 Å². The quantitative estimate of drug-likeness (QED) is 0.680. The number of pyridine rings is 1. The van der Waals surface area contributed by atoms with E-state index >= 15 is 0 Å². The summed E-state index contributed by atoms with van der Waals surface area (Å²) in [7, 11) is 0. The van der Waals surface area contributed by atoms with E-state index in [2.05, 4.69) is 29.6 Å². The predicted molar refractivity (Wildman–Crippen MR) is 111 cm³/mol. The maximum atomic E-state index is 12.8. The molecule has 0 bridgehead atoms. The molecule has 6 nitrogen and oxygen atoms in total. The Morgan fingerprint density at radius 1 is 1.14 bits per heavy atom. The van der Waals surface area contributed by atoms with Gasteiger partial charge in [-0.05, 0) is 41.5 Å². The summed E-state index contributed by atoms with van der Waals surface area (Å²) in [4.78, 5) is 25.0. The maximum Gasteiger partial charge on any atom is 0.253 e. The molecule has 150 valence electrons. The summed E-state index contributed by atoms with van der Waals surface area (Å²) >= 11 is 0. The van der Waals surface area contributed by atoms with E-state index in [-0.39, 0.29) is 23.3 Å². The lowest BCUT2D eigenvalue weighted by Gasteiger charge is -2.52. The zero-order valence-corrected chi connectivity index (χ0v) is 16.8. The van der Waals surface area contributed by atoms with Crippen molar-refractivity contribution in [2.75, 3.05) is 6.54 Å². The Morgan fingerprint density at radius 2 is 1.93 bits per heavy atom. The van der Waals surface area contributed by atoms with E-state index in [1.165, 1.54) is 0 Å². The molecule has 1 aromatic carbocycles. The molecule has 2 amide bonds. The predicted octanol–water partition coefficient (Wildman–Crippen LogP) is 2.84. The molecular formula is C23H26N4O2. The van der Waals surface area contributed by atoms with Gasteiger partial charge in [0.15, 0.2) is 0 Å². The fourth-order valence-electron chi connectivity index (χ4n) is 4.07. The Hall–Kier alpha value is -3.15. The van der Waals surface area contributed by atoms with Crippen LogP contribution in [0.2, 0.25) is 0 Å². The Labute approximate surface area is 170 Å². The summed E-state index contributed by atoms with van der Waals surface area (Å²) in [5.41, 5.74) is 2.35. The molecule has 29 heavy (non-hydrogen) atoms. The fourth-order valence-corrected chi connectivity index (χ4v) is 4.07. The molecule has 0 aliphatic heterocycles. The molecule has 1 fully saturated rings. The van der Waals surface area contributed by atoms with Crippen LogP contribution in [0, 0.1) is 11.3 Å². The minimum atomic E-state index is -0.0826. The zero-order chi connectivity index (χ0) is 20.4. The van der Waals surface area contributed by atoms with E-state index in [4.69, 9.17) is 0 Å². The van der Waals surface area contributed by atoms with E-state index in [0.717, 1.165) is 17.5 Å². The standard InChI is InChI=1S/C23H26N4O2/c1-23(2)17(15-24-21(28)13-16-7-4-3-5-8-16)14-20(23)26-22(29)18-9-6-12-27-19(18)10-11-25-27/h3-12,17,20H,13-15H2,1-2H3,(H,24,28)(H,26,29). The number of fused-ring (bicyclic) bond motifs is 1. The van der Waals surface area contributed by atoms with E-state index in [0.29, 0.717) is 24.4 Å². The van der Waals surface area contributed by atoms with Crippen LogP contribution >= 0.6 is 0 Å². The van der Waals surface area contributed by atoms with Gasteiger partial charge in [0.25, 0.3) is 5.91 Å². The minimum absolute atomic E-state index is 0.0342. The van der Waals surface area contributed by atoms with Gasteiger partial charge in [0.05, 0.1) is 23.7 Å². The van der Waals surface area contributed by atoms with Crippen molar-refractivity contribution in [3.63, 3.8) is 0 Å². The summed E-state index contributed by atoms with van der Waals surface area (Å²) in [6.07, 6.45) is 4.76. The van der Waals surface area contributed by atoms with Crippen LogP contribution in [0.5, 0.6) is 0 Å².